The molecule has 16 heavy (non-hydrogen) atoms. The molecule has 3 N–H and O–H groups in total. The van der Waals surface area contributed by atoms with Crippen LogP contribution in [0.3, 0.4) is 0 Å². The van der Waals surface area contributed by atoms with Gasteiger partial charge in [-0.25, -0.2) is 0 Å². The molecule has 0 aromatic carbocycles. The van der Waals surface area contributed by atoms with Crippen LogP contribution in [0.2, 0.25) is 0 Å². The van der Waals surface area contributed by atoms with Gasteiger partial charge in [0.25, 0.3) is 0 Å². The molecule has 0 aromatic rings. The molecule has 7 heteroatoms. The second-order valence-electron chi connectivity index (χ2n) is 2.24. The van der Waals surface area contributed by atoms with Crippen LogP contribution in [0.25, 0.3) is 0 Å². The van der Waals surface area contributed by atoms with Gasteiger partial charge in [0.1, 0.15) is 0 Å². The summed E-state index contributed by atoms with van der Waals surface area (Å²) in [5.41, 5.74) is 0. The molecular weight excluding hydrogens is 295 g/mol. The van der Waals surface area contributed by atoms with Crippen LogP contribution in [0, 0.1) is 0 Å². The fourth-order valence-electron chi connectivity index (χ4n) is 0. The summed E-state index contributed by atoms with van der Waals surface area (Å²) in [5, 5.41) is 23.2. The van der Waals surface area contributed by atoms with Crippen molar-refractivity contribution in [3.8, 4) is 0 Å². The van der Waals surface area contributed by atoms with E-state index in [0.29, 0.717) is 0 Å². The molecule has 0 atom stereocenters. The Morgan fingerprint density at radius 1 is 0.688 bits per heavy atom. The smallest absolute Gasteiger partial charge is 0.303 e. The summed E-state index contributed by atoms with van der Waals surface area (Å²) >= 11 is 0. The predicted molar refractivity (Wildman–Crippen MR) is 53.8 cm³/mol. The average Bonchev–Trinajstić information content (AvgIpc) is 2.19. The molecule has 0 amide bonds. The van der Waals surface area contributed by atoms with E-state index in [0.717, 1.165) is 0 Å². The van der Waals surface area contributed by atoms with Gasteiger partial charge < -0.3 is 15.3 Å². The van der Waals surface area contributed by atoms with Gasteiger partial charge in [-0.1, -0.05) is 20.8 Å². The van der Waals surface area contributed by atoms with E-state index in [-0.39, 0.29) is 45.5 Å². The van der Waals surface area contributed by atoms with Crippen molar-refractivity contribution in [3.63, 3.8) is 0 Å². The first kappa shape index (κ1) is 24.5. The SMILES string of the molecule is CCC(=O)O.CCC(=O)O.CCC(=O)O.[Zr]. The number of hydrogen-bond acceptors (Lipinski definition) is 3. The number of hydrogen-bond donors (Lipinski definition) is 3. The molecule has 0 unspecified atom stereocenters. The second kappa shape index (κ2) is 19.8. The van der Waals surface area contributed by atoms with E-state index in [9.17, 15) is 14.4 Å². The molecule has 0 saturated carbocycles. The first-order valence-electron chi connectivity index (χ1n) is 4.47. The Labute approximate surface area is 114 Å². The number of carboxylic acid groups (broad SMARTS) is 3. The molecule has 0 aliphatic heterocycles. The number of rotatable bonds is 3. The van der Waals surface area contributed by atoms with Crippen LogP contribution in [-0.4, -0.2) is 33.2 Å². The standard InChI is InChI=1S/3C3H6O2.Zr/c3*1-2-3(4)5;/h3*2H2,1H3,(H,4,5);. The third kappa shape index (κ3) is 71.7. The molecular formula is C9H18O6Zr. The molecule has 0 saturated heterocycles. The summed E-state index contributed by atoms with van der Waals surface area (Å²) in [5.74, 6) is -2.24. The number of carboxylic acids is 3. The van der Waals surface area contributed by atoms with Crippen molar-refractivity contribution in [1.29, 1.82) is 0 Å². The number of aliphatic carboxylic acids is 3. The van der Waals surface area contributed by atoms with Crippen molar-refractivity contribution < 1.29 is 55.9 Å². The van der Waals surface area contributed by atoms with E-state index in [2.05, 4.69) is 0 Å². The normalized spacial score (nSPS) is 6.94. The van der Waals surface area contributed by atoms with Crippen LogP contribution in [0.4, 0.5) is 0 Å². The molecule has 0 aromatic heterocycles. The van der Waals surface area contributed by atoms with Crippen molar-refractivity contribution >= 4 is 17.9 Å². The zero-order valence-corrected chi connectivity index (χ0v) is 12.1. The van der Waals surface area contributed by atoms with Gasteiger partial charge in [-0.15, -0.1) is 0 Å². The topological polar surface area (TPSA) is 112 Å². The van der Waals surface area contributed by atoms with E-state index in [4.69, 9.17) is 15.3 Å². The third-order valence-electron chi connectivity index (χ3n) is 0.907. The minimum absolute atomic E-state index is 0. The Balaban J connectivity index is -0.0000000655. The minimum atomic E-state index is -0.745. The molecule has 0 rings (SSSR count). The van der Waals surface area contributed by atoms with Gasteiger partial charge in [0, 0.05) is 45.5 Å². The maximum atomic E-state index is 9.37. The van der Waals surface area contributed by atoms with Crippen molar-refractivity contribution in [3.05, 3.63) is 0 Å². The molecule has 0 aliphatic carbocycles. The molecule has 0 bridgehead atoms. The fourth-order valence-corrected chi connectivity index (χ4v) is 0. The van der Waals surface area contributed by atoms with Crippen molar-refractivity contribution in [2.24, 2.45) is 0 Å². The van der Waals surface area contributed by atoms with Crippen LogP contribution < -0.4 is 0 Å². The molecule has 0 radical (unpaired) electrons. The molecule has 0 fully saturated rings. The summed E-state index contributed by atoms with van der Waals surface area (Å²) in [6.45, 7) is 4.80. The summed E-state index contributed by atoms with van der Waals surface area (Å²) in [4.78, 5) is 28.1. The Kier molecular flexibility index (Phi) is 30.3. The summed E-state index contributed by atoms with van der Waals surface area (Å²) in [7, 11) is 0. The van der Waals surface area contributed by atoms with Crippen LogP contribution >= 0.6 is 0 Å². The zero-order valence-electron chi connectivity index (χ0n) is 9.69. The van der Waals surface area contributed by atoms with Crippen LogP contribution in [0.5, 0.6) is 0 Å². The van der Waals surface area contributed by atoms with Crippen molar-refractivity contribution in [2.45, 2.75) is 40.0 Å². The first-order chi connectivity index (χ1) is 6.81. The van der Waals surface area contributed by atoms with E-state index in [1.54, 1.807) is 20.8 Å². The van der Waals surface area contributed by atoms with E-state index in [1.165, 1.54) is 0 Å². The maximum Gasteiger partial charge on any atom is 0.303 e. The quantitative estimate of drug-likeness (QED) is 0.727. The first-order valence-corrected chi connectivity index (χ1v) is 4.47. The molecule has 6 nitrogen and oxygen atoms in total. The molecule has 94 valence electrons. The minimum Gasteiger partial charge on any atom is -0.481 e. The van der Waals surface area contributed by atoms with E-state index >= 15 is 0 Å². The monoisotopic (exact) mass is 312 g/mol. The molecule has 0 aliphatic rings. The van der Waals surface area contributed by atoms with Gasteiger partial charge in [0.05, 0.1) is 0 Å². The van der Waals surface area contributed by atoms with Crippen LogP contribution in [-0.2, 0) is 40.6 Å². The van der Waals surface area contributed by atoms with E-state index in [1.807, 2.05) is 0 Å². The average molecular weight is 313 g/mol. The van der Waals surface area contributed by atoms with Crippen LogP contribution in [0.1, 0.15) is 40.0 Å². The van der Waals surface area contributed by atoms with E-state index < -0.39 is 17.9 Å². The van der Waals surface area contributed by atoms with Crippen molar-refractivity contribution in [1.82, 2.24) is 0 Å². The Bertz CT molecular complexity index is 159. The predicted octanol–water partition coefficient (Wildman–Crippen LogP) is 1.44. The van der Waals surface area contributed by atoms with Gasteiger partial charge in [-0.05, 0) is 0 Å². The summed E-state index contributed by atoms with van der Waals surface area (Å²) in [6.07, 6.45) is 0.667. The Morgan fingerprint density at radius 3 is 0.750 bits per heavy atom. The third-order valence-corrected chi connectivity index (χ3v) is 0.907. The van der Waals surface area contributed by atoms with Gasteiger partial charge in [0.15, 0.2) is 0 Å². The fraction of sp³-hybridized carbons (Fsp3) is 0.667. The largest absolute Gasteiger partial charge is 0.481 e. The zero-order chi connectivity index (χ0) is 12.9. The summed E-state index contributed by atoms with van der Waals surface area (Å²) < 4.78 is 0. The van der Waals surface area contributed by atoms with Gasteiger partial charge in [-0.3, -0.25) is 14.4 Å². The van der Waals surface area contributed by atoms with Crippen molar-refractivity contribution in [2.75, 3.05) is 0 Å². The van der Waals surface area contributed by atoms with Gasteiger partial charge in [0.2, 0.25) is 0 Å². The van der Waals surface area contributed by atoms with Gasteiger partial charge in [-0.2, -0.15) is 0 Å². The molecule has 0 heterocycles. The maximum absolute atomic E-state index is 9.37. The van der Waals surface area contributed by atoms with Crippen LogP contribution in [0.15, 0.2) is 0 Å². The number of carbonyl (C=O) groups is 3. The second-order valence-corrected chi connectivity index (χ2v) is 2.24. The summed E-state index contributed by atoms with van der Waals surface area (Å²) in [6, 6.07) is 0. The Hall–Kier alpha value is -0.707. The molecule has 0 spiro atoms. The Morgan fingerprint density at radius 2 is 0.750 bits per heavy atom. The van der Waals surface area contributed by atoms with Gasteiger partial charge >= 0.3 is 17.9 Å².